The fourth-order valence-electron chi connectivity index (χ4n) is 3.08. The molecule has 1 aliphatic rings. The van der Waals surface area contributed by atoms with Crippen molar-refractivity contribution in [3.05, 3.63) is 54.0 Å². The maximum Gasteiger partial charge on any atom is 0.150 e. The topological polar surface area (TPSA) is 66.0 Å². The highest BCUT2D eigenvalue weighted by molar-refractivity contribution is 5.91. The van der Waals surface area contributed by atoms with Crippen LogP contribution in [0.25, 0.3) is 23.1 Å². The van der Waals surface area contributed by atoms with E-state index in [0.717, 1.165) is 53.8 Å². The van der Waals surface area contributed by atoms with Gasteiger partial charge in [-0.25, -0.2) is 4.68 Å². The fraction of sp³-hybridized carbons (Fsp3) is 0.263. The quantitative estimate of drug-likeness (QED) is 0.744. The van der Waals surface area contributed by atoms with Gasteiger partial charge in [0.1, 0.15) is 0 Å². The van der Waals surface area contributed by atoms with Crippen LogP contribution in [0.15, 0.2) is 42.6 Å². The summed E-state index contributed by atoms with van der Waals surface area (Å²) in [6.07, 6.45) is 9.00. The molecule has 0 amide bonds. The normalized spacial score (nSPS) is 18.4. The van der Waals surface area contributed by atoms with Crippen LogP contribution in [0.3, 0.4) is 0 Å². The minimum absolute atomic E-state index is 0.0138. The maximum atomic E-state index is 5.99. The van der Waals surface area contributed by atoms with Gasteiger partial charge in [0.15, 0.2) is 6.23 Å². The van der Waals surface area contributed by atoms with Crippen LogP contribution in [-0.4, -0.2) is 21.4 Å². The molecule has 24 heavy (non-hydrogen) atoms. The summed E-state index contributed by atoms with van der Waals surface area (Å²) < 4.78 is 7.89. The smallest absolute Gasteiger partial charge is 0.150 e. The van der Waals surface area contributed by atoms with E-state index in [1.165, 1.54) is 0 Å². The number of aromatic nitrogens is 3. The van der Waals surface area contributed by atoms with Crippen LogP contribution in [0.2, 0.25) is 0 Å². The van der Waals surface area contributed by atoms with E-state index in [4.69, 9.17) is 15.6 Å². The number of rotatable bonds is 3. The second-order valence-electron chi connectivity index (χ2n) is 6.02. The van der Waals surface area contributed by atoms with Gasteiger partial charge >= 0.3 is 0 Å². The Morgan fingerprint density at radius 1 is 1.17 bits per heavy atom. The van der Waals surface area contributed by atoms with Crippen molar-refractivity contribution in [2.24, 2.45) is 0 Å². The van der Waals surface area contributed by atoms with Crippen LogP contribution >= 0.6 is 0 Å². The molecule has 0 bridgehead atoms. The Morgan fingerprint density at radius 2 is 2.12 bits per heavy atom. The van der Waals surface area contributed by atoms with Gasteiger partial charge in [-0.2, -0.15) is 5.10 Å². The molecule has 1 atom stereocenters. The van der Waals surface area contributed by atoms with Crippen molar-refractivity contribution in [3.8, 4) is 0 Å². The summed E-state index contributed by atoms with van der Waals surface area (Å²) in [5.74, 6) is 0. The van der Waals surface area contributed by atoms with Crippen LogP contribution in [0.1, 0.15) is 36.9 Å². The molecule has 5 heteroatoms. The van der Waals surface area contributed by atoms with Crippen molar-refractivity contribution in [1.82, 2.24) is 14.8 Å². The predicted octanol–water partition coefficient (Wildman–Crippen LogP) is 3.88. The number of ether oxygens (including phenoxy) is 1. The summed E-state index contributed by atoms with van der Waals surface area (Å²) in [6, 6.07) is 11.8. The van der Waals surface area contributed by atoms with Gasteiger partial charge in [-0.15, -0.1) is 0 Å². The molecule has 4 rings (SSSR count). The molecule has 3 heterocycles. The van der Waals surface area contributed by atoms with E-state index < -0.39 is 0 Å². The first-order chi connectivity index (χ1) is 11.8. The van der Waals surface area contributed by atoms with Gasteiger partial charge in [-0.1, -0.05) is 6.07 Å². The molecule has 122 valence electrons. The van der Waals surface area contributed by atoms with Crippen molar-refractivity contribution in [1.29, 1.82) is 0 Å². The SMILES string of the molecule is Nc1ccc2c(/C=C/c3ccccn3)nn([C@H]3CCCCO3)c2c1. The van der Waals surface area contributed by atoms with Crippen LogP contribution in [0.5, 0.6) is 0 Å². The van der Waals surface area contributed by atoms with Crippen molar-refractivity contribution >= 4 is 28.7 Å². The minimum Gasteiger partial charge on any atom is -0.399 e. The average Bonchev–Trinajstić information content (AvgIpc) is 2.99. The summed E-state index contributed by atoms with van der Waals surface area (Å²) in [6.45, 7) is 0.785. The molecule has 2 N–H and O–H groups in total. The molecule has 5 nitrogen and oxygen atoms in total. The highest BCUT2D eigenvalue weighted by atomic mass is 16.5. The molecule has 1 aliphatic heterocycles. The Morgan fingerprint density at radius 3 is 2.92 bits per heavy atom. The largest absolute Gasteiger partial charge is 0.399 e. The summed E-state index contributed by atoms with van der Waals surface area (Å²) in [4.78, 5) is 4.32. The number of nitrogen functional groups attached to an aromatic ring is 1. The van der Waals surface area contributed by atoms with Gasteiger partial charge in [-0.3, -0.25) is 4.98 Å². The number of hydrogen-bond acceptors (Lipinski definition) is 4. The molecule has 2 aromatic heterocycles. The van der Waals surface area contributed by atoms with Gasteiger partial charge in [0.25, 0.3) is 0 Å². The summed E-state index contributed by atoms with van der Waals surface area (Å²) in [5.41, 5.74) is 9.55. The third-order valence-electron chi connectivity index (χ3n) is 4.29. The van der Waals surface area contributed by atoms with Gasteiger partial charge < -0.3 is 10.5 Å². The molecule has 0 saturated carbocycles. The van der Waals surface area contributed by atoms with Crippen LogP contribution < -0.4 is 5.73 Å². The van der Waals surface area contributed by atoms with Gasteiger partial charge in [0.2, 0.25) is 0 Å². The zero-order valence-corrected chi connectivity index (χ0v) is 13.4. The van der Waals surface area contributed by atoms with Crippen molar-refractivity contribution in [3.63, 3.8) is 0 Å². The molecule has 0 aliphatic carbocycles. The number of nitrogens with zero attached hydrogens (tertiary/aromatic N) is 3. The monoisotopic (exact) mass is 320 g/mol. The summed E-state index contributed by atoms with van der Waals surface area (Å²) in [5, 5.41) is 5.87. The Labute approximate surface area is 140 Å². The van der Waals surface area contributed by atoms with E-state index in [2.05, 4.69) is 4.98 Å². The Kier molecular flexibility index (Phi) is 4.01. The zero-order chi connectivity index (χ0) is 16.4. The molecule has 0 spiro atoms. The first-order valence-electron chi connectivity index (χ1n) is 8.30. The number of benzene rings is 1. The van der Waals surface area contributed by atoms with Gasteiger partial charge in [-0.05, 0) is 61.7 Å². The summed E-state index contributed by atoms with van der Waals surface area (Å²) >= 11 is 0. The first-order valence-corrected chi connectivity index (χ1v) is 8.30. The Bertz CT molecular complexity index is 864. The average molecular weight is 320 g/mol. The van der Waals surface area contributed by atoms with E-state index in [-0.39, 0.29) is 6.23 Å². The minimum atomic E-state index is -0.0138. The van der Waals surface area contributed by atoms with Crippen LogP contribution in [0.4, 0.5) is 5.69 Å². The van der Waals surface area contributed by atoms with Crippen molar-refractivity contribution in [2.45, 2.75) is 25.5 Å². The van der Waals surface area contributed by atoms with Crippen LogP contribution in [0, 0.1) is 0 Å². The molecule has 0 unspecified atom stereocenters. The Balaban J connectivity index is 1.76. The molecule has 1 saturated heterocycles. The Hall–Kier alpha value is -2.66. The van der Waals surface area contributed by atoms with E-state index >= 15 is 0 Å². The third kappa shape index (κ3) is 2.90. The van der Waals surface area contributed by atoms with E-state index in [0.29, 0.717) is 0 Å². The van der Waals surface area contributed by atoms with Crippen molar-refractivity contribution in [2.75, 3.05) is 12.3 Å². The first kappa shape index (κ1) is 14.9. The second-order valence-corrected chi connectivity index (χ2v) is 6.02. The van der Waals surface area contributed by atoms with Crippen molar-refractivity contribution < 1.29 is 4.74 Å². The zero-order valence-electron chi connectivity index (χ0n) is 13.4. The van der Waals surface area contributed by atoms with E-state index in [1.54, 1.807) is 6.20 Å². The van der Waals surface area contributed by atoms with Crippen LogP contribution in [-0.2, 0) is 4.74 Å². The predicted molar refractivity (Wildman–Crippen MR) is 96.2 cm³/mol. The molecule has 3 aromatic rings. The lowest BCUT2D eigenvalue weighted by Gasteiger charge is -2.23. The number of anilines is 1. The standard InChI is InChI=1S/C19H20N4O/c20-14-7-9-16-17(10-8-15-5-1-3-11-21-15)22-23(18(16)13-14)19-6-2-4-12-24-19/h1,3,5,7-11,13,19H,2,4,6,12,20H2/b10-8+/t19-/m1/s1. The molecule has 1 aromatic carbocycles. The molecule has 1 fully saturated rings. The highest BCUT2D eigenvalue weighted by Crippen LogP contribution is 2.30. The number of nitrogens with two attached hydrogens (primary N) is 1. The number of fused-ring (bicyclic) bond motifs is 1. The second kappa shape index (κ2) is 6.45. The number of pyridine rings is 1. The number of hydrogen-bond donors (Lipinski definition) is 1. The summed E-state index contributed by atoms with van der Waals surface area (Å²) in [7, 11) is 0. The lowest BCUT2D eigenvalue weighted by Crippen LogP contribution is -2.19. The maximum absolute atomic E-state index is 5.99. The highest BCUT2D eigenvalue weighted by Gasteiger charge is 2.20. The fourth-order valence-corrected chi connectivity index (χ4v) is 3.08. The molecule has 0 radical (unpaired) electrons. The van der Waals surface area contributed by atoms with Gasteiger partial charge in [0, 0.05) is 23.9 Å². The lowest BCUT2D eigenvalue weighted by molar-refractivity contribution is -0.0367. The lowest BCUT2D eigenvalue weighted by atomic mass is 10.1. The molecular weight excluding hydrogens is 300 g/mol. The van der Waals surface area contributed by atoms with E-state index in [9.17, 15) is 0 Å². The third-order valence-corrected chi connectivity index (χ3v) is 4.29. The van der Waals surface area contributed by atoms with E-state index in [1.807, 2.05) is 53.2 Å². The van der Waals surface area contributed by atoms with Gasteiger partial charge in [0.05, 0.1) is 16.9 Å². The molecular formula is C19H20N4O.